The van der Waals surface area contributed by atoms with Crippen LogP contribution in [-0.2, 0) is 10.0 Å². The number of nitrogens with zero attached hydrogens (tertiary/aromatic N) is 1. The maximum Gasteiger partial charge on any atom is 0.257 e. The SMILES string of the molecule is CCC1CN(S(=O)(=O)c2ccc(Cl)c(C(=O)Nc3cc(F)c(F)c(F)c3)c2)CCC1O. The first-order valence-corrected chi connectivity index (χ1v) is 11.3. The largest absolute Gasteiger partial charge is 0.393 e. The molecule has 1 aliphatic heterocycles. The second kappa shape index (κ2) is 9.15. The van der Waals surface area contributed by atoms with Crippen LogP contribution in [0, 0.1) is 23.4 Å². The minimum Gasteiger partial charge on any atom is -0.393 e. The van der Waals surface area contributed by atoms with Crippen molar-refractivity contribution in [1.82, 2.24) is 4.31 Å². The summed E-state index contributed by atoms with van der Waals surface area (Å²) >= 11 is 6.04. The number of rotatable bonds is 5. The molecule has 2 aromatic carbocycles. The monoisotopic (exact) mass is 476 g/mol. The average Bonchev–Trinajstić information content (AvgIpc) is 2.72. The van der Waals surface area contributed by atoms with Gasteiger partial charge in [-0.25, -0.2) is 21.6 Å². The summed E-state index contributed by atoms with van der Waals surface area (Å²) < 4.78 is 67.2. The molecule has 2 unspecified atom stereocenters. The lowest BCUT2D eigenvalue weighted by Crippen LogP contribution is -2.45. The van der Waals surface area contributed by atoms with Crippen LogP contribution in [0.5, 0.6) is 0 Å². The van der Waals surface area contributed by atoms with Crippen LogP contribution < -0.4 is 5.32 Å². The molecule has 2 N–H and O–H groups in total. The molecule has 0 bridgehead atoms. The Kier molecular flexibility index (Phi) is 6.95. The van der Waals surface area contributed by atoms with Crippen molar-refractivity contribution in [3.05, 3.63) is 58.4 Å². The number of anilines is 1. The molecule has 1 amide bonds. The number of benzene rings is 2. The van der Waals surface area contributed by atoms with E-state index in [1.807, 2.05) is 6.92 Å². The van der Waals surface area contributed by atoms with Crippen molar-refractivity contribution >= 4 is 33.2 Å². The van der Waals surface area contributed by atoms with Crippen molar-refractivity contribution in [3.63, 3.8) is 0 Å². The minimum atomic E-state index is -3.98. The van der Waals surface area contributed by atoms with Crippen LogP contribution in [0.4, 0.5) is 18.9 Å². The fourth-order valence-corrected chi connectivity index (χ4v) is 5.16. The molecule has 11 heteroatoms. The first-order chi connectivity index (χ1) is 14.5. The molecule has 3 rings (SSSR count). The third-order valence-corrected chi connectivity index (χ3v) is 7.43. The van der Waals surface area contributed by atoms with E-state index < -0.39 is 39.5 Å². The molecule has 1 saturated heterocycles. The van der Waals surface area contributed by atoms with Gasteiger partial charge >= 0.3 is 0 Å². The third kappa shape index (κ3) is 4.87. The fraction of sp³-hybridized carbons (Fsp3) is 0.350. The predicted molar refractivity (Wildman–Crippen MR) is 109 cm³/mol. The quantitative estimate of drug-likeness (QED) is 0.643. The summed E-state index contributed by atoms with van der Waals surface area (Å²) in [6.07, 6.45) is 0.312. The Balaban J connectivity index is 1.88. The molecule has 0 aromatic heterocycles. The first kappa shape index (κ1) is 23.5. The summed E-state index contributed by atoms with van der Waals surface area (Å²) in [5.41, 5.74) is -0.599. The lowest BCUT2D eigenvalue weighted by molar-refractivity contribution is 0.0521. The molecule has 0 radical (unpaired) electrons. The number of sulfonamides is 1. The van der Waals surface area contributed by atoms with Crippen molar-refractivity contribution in [3.8, 4) is 0 Å². The lowest BCUT2D eigenvalue weighted by Gasteiger charge is -2.35. The van der Waals surface area contributed by atoms with Crippen molar-refractivity contribution in [2.75, 3.05) is 18.4 Å². The van der Waals surface area contributed by atoms with Crippen LogP contribution in [0.15, 0.2) is 35.2 Å². The van der Waals surface area contributed by atoms with Crippen molar-refractivity contribution < 1.29 is 31.5 Å². The van der Waals surface area contributed by atoms with Gasteiger partial charge in [0.25, 0.3) is 5.91 Å². The number of aliphatic hydroxyl groups is 1. The molecule has 1 fully saturated rings. The van der Waals surface area contributed by atoms with E-state index in [4.69, 9.17) is 11.6 Å². The van der Waals surface area contributed by atoms with Crippen LogP contribution in [0.3, 0.4) is 0 Å². The molecule has 1 aliphatic rings. The maximum absolute atomic E-state index is 13.4. The lowest BCUT2D eigenvalue weighted by atomic mass is 9.94. The van der Waals surface area contributed by atoms with E-state index in [2.05, 4.69) is 5.32 Å². The van der Waals surface area contributed by atoms with Gasteiger partial charge in [0.1, 0.15) is 0 Å². The second-order valence-electron chi connectivity index (χ2n) is 7.24. The van der Waals surface area contributed by atoms with E-state index in [9.17, 15) is 31.5 Å². The molecule has 1 heterocycles. The Morgan fingerprint density at radius 1 is 1.23 bits per heavy atom. The Labute approximate surface area is 182 Å². The molecular weight excluding hydrogens is 457 g/mol. The van der Waals surface area contributed by atoms with Gasteiger partial charge in [0, 0.05) is 30.9 Å². The molecule has 2 atom stereocenters. The number of carbonyl (C=O) groups excluding carboxylic acids is 1. The van der Waals surface area contributed by atoms with Crippen molar-refractivity contribution in [2.45, 2.75) is 30.8 Å². The summed E-state index contributed by atoms with van der Waals surface area (Å²) in [5, 5.41) is 12.1. The van der Waals surface area contributed by atoms with Gasteiger partial charge in [-0.15, -0.1) is 0 Å². The van der Waals surface area contributed by atoms with E-state index in [-0.39, 0.29) is 40.2 Å². The molecule has 0 saturated carbocycles. The maximum atomic E-state index is 13.4. The Morgan fingerprint density at radius 2 is 1.87 bits per heavy atom. The van der Waals surface area contributed by atoms with Crippen LogP contribution in [-0.4, -0.2) is 42.9 Å². The normalized spacial score (nSPS) is 19.9. The summed E-state index contributed by atoms with van der Waals surface area (Å²) in [6.45, 7) is 2.12. The molecule has 0 aliphatic carbocycles. The Morgan fingerprint density at radius 3 is 2.48 bits per heavy atom. The van der Waals surface area contributed by atoms with E-state index in [0.717, 1.165) is 6.07 Å². The highest BCUT2D eigenvalue weighted by Crippen LogP contribution is 2.28. The fourth-order valence-electron chi connectivity index (χ4n) is 3.42. The molecule has 6 nitrogen and oxygen atoms in total. The Bertz CT molecular complexity index is 1090. The first-order valence-electron chi connectivity index (χ1n) is 9.48. The van der Waals surface area contributed by atoms with Gasteiger partial charge in [0.05, 0.1) is 21.6 Å². The number of nitrogens with one attached hydrogen (secondary N) is 1. The molecular formula is C20H20ClF3N2O4S. The summed E-state index contributed by atoms with van der Waals surface area (Å²) in [4.78, 5) is 12.4. The van der Waals surface area contributed by atoms with Gasteiger partial charge in [-0.2, -0.15) is 4.31 Å². The number of amides is 1. The summed E-state index contributed by atoms with van der Waals surface area (Å²) in [7, 11) is -3.98. The summed E-state index contributed by atoms with van der Waals surface area (Å²) in [6, 6.07) is 4.72. The second-order valence-corrected chi connectivity index (χ2v) is 9.58. The number of hydrogen-bond acceptors (Lipinski definition) is 4. The minimum absolute atomic E-state index is 0.0833. The van der Waals surface area contributed by atoms with Crippen LogP contribution in [0.2, 0.25) is 5.02 Å². The number of piperidine rings is 1. The third-order valence-electron chi connectivity index (χ3n) is 5.24. The number of hydrogen-bond donors (Lipinski definition) is 2. The van der Waals surface area contributed by atoms with E-state index in [1.54, 1.807) is 0 Å². The van der Waals surface area contributed by atoms with Gasteiger partial charge in [-0.1, -0.05) is 18.5 Å². The van der Waals surface area contributed by atoms with Crippen molar-refractivity contribution in [2.24, 2.45) is 5.92 Å². The van der Waals surface area contributed by atoms with Gasteiger partial charge < -0.3 is 10.4 Å². The standard InChI is InChI=1S/C20H20ClF3N2O4S/c1-2-11-10-26(6-5-18(11)27)31(29,30)13-3-4-15(21)14(9-13)20(28)25-12-7-16(22)19(24)17(23)8-12/h3-4,7-9,11,18,27H,2,5-6,10H2,1H3,(H,25,28). The van der Waals surface area contributed by atoms with E-state index in [0.29, 0.717) is 25.0 Å². The number of halogens is 4. The number of carbonyl (C=O) groups is 1. The van der Waals surface area contributed by atoms with Crippen LogP contribution in [0.1, 0.15) is 30.1 Å². The molecule has 0 spiro atoms. The van der Waals surface area contributed by atoms with Gasteiger partial charge in [-0.05, 0) is 37.0 Å². The smallest absolute Gasteiger partial charge is 0.257 e. The zero-order chi connectivity index (χ0) is 22.9. The zero-order valence-corrected chi connectivity index (χ0v) is 18.0. The average molecular weight is 477 g/mol. The van der Waals surface area contributed by atoms with Crippen molar-refractivity contribution in [1.29, 1.82) is 0 Å². The highest BCUT2D eigenvalue weighted by atomic mass is 35.5. The van der Waals surface area contributed by atoms with Gasteiger partial charge in [0.2, 0.25) is 10.0 Å². The molecule has 31 heavy (non-hydrogen) atoms. The summed E-state index contributed by atoms with van der Waals surface area (Å²) in [5.74, 6) is -5.79. The van der Waals surface area contributed by atoms with Crippen LogP contribution in [0.25, 0.3) is 0 Å². The molecule has 2 aromatic rings. The van der Waals surface area contributed by atoms with E-state index >= 15 is 0 Å². The highest BCUT2D eigenvalue weighted by molar-refractivity contribution is 7.89. The van der Waals surface area contributed by atoms with Gasteiger partial charge in [0.15, 0.2) is 17.5 Å². The topological polar surface area (TPSA) is 86.7 Å². The zero-order valence-electron chi connectivity index (χ0n) is 16.4. The highest BCUT2D eigenvalue weighted by Gasteiger charge is 2.34. The number of aliphatic hydroxyl groups excluding tert-OH is 1. The van der Waals surface area contributed by atoms with Gasteiger partial charge in [-0.3, -0.25) is 4.79 Å². The predicted octanol–water partition coefficient (Wildman–Crippen LogP) is 3.79. The molecule has 168 valence electrons. The van der Waals surface area contributed by atoms with E-state index in [1.165, 1.54) is 16.4 Å². The van der Waals surface area contributed by atoms with Crippen LogP contribution >= 0.6 is 11.6 Å². The Hall–Kier alpha value is -2.14.